The lowest BCUT2D eigenvalue weighted by atomic mass is 9.93. The summed E-state index contributed by atoms with van der Waals surface area (Å²) < 4.78 is 6.75. The molecule has 4 aromatic rings. The zero-order chi connectivity index (χ0) is 29.1. The van der Waals surface area contributed by atoms with E-state index in [-0.39, 0.29) is 29.0 Å². The Morgan fingerprint density at radius 3 is 2.29 bits per heavy atom. The normalized spacial score (nSPS) is 14.4. The lowest BCUT2D eigenvalue weighted by molar-refractivity contribution is -0.384. The second-order valence-electron chi connectivity index (χ2n) is 9.23. The molecule has 0 atom stereocenters. The number of imide groups is 1. The minimum atomic E-state index is -0.659. The quantitative estimate of drug-likeness (QED) is 0.134. The fourth-order valence-electron chi connectivity index (χ4n) is 4.51. The monoisotopic (exact) mass is 545 g/mol. The van der Waals surface area contributed by atoms with Gasteiger partial charge in [-0.15, -0.1) is 0 Å². The van der Waals surface area contributed by atoms with Crippen molar-refractivity contribution in [3.05, 3.63) is 123 Å². The van der Waals surface area contributed by atoms with Crippen LogP contribution >= 0.6 is 0 Å². The molecule has 0 spiro atoms. The molecule has 2 heterocycles. The van der Waals surface area contributed by atoms with E-state index >= 15 is 0 Å². The molecule has 41 heavy (non-hydrogen) atoms. The SMILES string of the molecule is COc1ccc(CN2C(=O)C(C#N)=C(C)/C(=C\c3cn(-c4ccc([N+](=O)[O-])cc4)nc3-c3ccccc3)C2=O)cc1. The summed E-state index contributed by atoms with van der Waals surface area (Å²) in [6, 6.07) is 24.2. The van der Waals surface area contributed by atoms with Gasteiger partial charge in [0.1, 0.15) is 17.4 Å². The molecule has 3 aromatic carbocycles. The van der Waals surface area contributed by atoms with Crippen LogP contribution in [0.1, 0.15) is 18.1 Å². The molecule has 202 valence electrons. The second kappa shape index (κ2) is 11.1. The van der Waals surface area contributed by atoms with Gasteiger partial charge in [0, 0.05) is 35.0 Å². The molecule has 0 fully saturated rings. The van der Waals surface area contributed by atoms with Gasteiger partial charge >= 0.3 is 0 Å². The zero-order valence-corrected chi connectivity index (χ0v) is 22.1. The van der Waals surface area contributed by atoms with Crippen LogP contribution in [-0.2, 0) is 16.1 Å². The predicted octanol–water partition coefficient (Wildman–Crippen LogP) is 5.25. The van der Waals surface area contributed by atoms with Crippen LogP contribution in [0.25, 0.3) is 23.0 Å². The third-order valence-electron chi connectivity index (χ3n) is 6.74. The number of amides is 2. The van der Waals surface area contributed by atoms with E-state index in [1.807, 2.05) is 36.4 Å². The van der Waals surface area contributed by atoms with Crippen LogP contribution in [-0.4, -0.2) is 38.5 Å². The van der Waals surface area contributed by atoms with Crippen molar-refractivity contribution >= 4 is 23.6 Å². The summed E-state index contributed by atoms with van der Waals surface area (Å²) in [6.07, 6.45) is 3.33. The zero-order valence-electron chi connectivity index (χ0n) is 22.1. The third-order valence-corrected chi connectivity index (χ3v) is 6.74. The van der Waals surface area contributed by atoms with Crippen LogP contribution in [0, 0.1) is 21.4 Å². The van der Waals surface area contributed by atoms with Crippen molar-refractivity contribution in [2.75, 3.05) is 7.11 Å². The van der Waals surface area contributed by atoms with E-state index < -0.39 is 16.7 Å². The highest BCUT2D eigenvalue weighted by Gasteiger charge is 2.35. The number of benzene rings is 3. The first-order chi connectivity index (χ1) is 19.8. The third kappa shape index (κ3) is 5.24. The molecule has 0 radical (unpaired) electrons. The lowest BCUT2D eigenvalue weighted by Crippen LogP contribution is -2.42. The van der Waals surface area contributed by atoms with Gasteiger partial charge in [-0.25, -0.2) is 4.68 Å². The summed E-state index contributed by atoms with van der Waals surface area (Å²) >= 11 is 0. The fourth-order valence-corrected chi connectivity index (χ4v) is 4.51. The maximum atomic E-state index is 13.7. The van der Waals surface area contributed by atoms with E-state index in [4.69, 9.17) is 9.84 Å². The summed E-state index contributed by atoms with van der Waals surface area (Å²) in [4.78, 5) is 38.6. The van der Waals surface area contributed by atoms with E-state index in [1.54, 1.807) is 67.4 Å². The fraction of sp³-hybridized carbons (Fsp3) is 0.0968. The molecule has 1 aliphatic heterocycles. The summed E-state index contributed by atoms with van der Waals surface area (Å²) in [6.45, 7) is 1.55. The number of rotatable bonds is 7. The summed E-state index contributed by atoms with van der Waals surface area (Å²) in [5.74, 6) is -0.560. The van der Waals surface area contributed by atoms with Crippen LogP contribution in [0.4, 0.5) is 5.69 Å². The number of methoxy groups -OCH3 is 1. The number of hydrogen-bond acceptors (Lipinski definition) is 7. The van der Waals surface area contributed by atoms with Gasteiger partial charge in [0.05, 0.1) is 30.0 Å². The van der Waals surface area contributed by atoms with Gasteiger partial charge in [-0.1, -0.05) is 42.5 Å². The maximum absolute atomic E-state index is 13.7. The molecule has 0 saturated carbocycles. The largest absolute Gasteiger partial charge is 0.497 e. The summed E-state index contributed by atoms with van der Waals surface area (Å²) in [7, 11) is 1.55. The minimum Gasteiger partial charge on any atom is -0.497 e. The van der Waals surface area contributed by atoms with Crippen molar-refractivity contribution in [2.45, 2.75) is 13.5 Å². The molecular formula is C31H23N5O5. The van der Waals surface area contributed by atoms with Gasteiger partial charge in [0.15, 0.2) is 0 Å². The molecule has 0 saturated heterocycles. The topological polar surface area (TPSA) is 131 Å². The van der Waals surface area contributed by atoms with Crippen LogP contribution in [0.5, 0.6) is 5.75 Å². The minimum absolute atomic E-state index is 0.0228. The van der Waals surface area contributed by atoms with Crippen molar-refractivity contribution < 1.29 is 19.2 Å². The van der Waals surface area contributed by atoms with Crippen LogP contribution < -0.4 is 4.74 Å². The molecule has 1 aliphatic rings. The average molecular weight is 546 g/mol. The van der Waals surface area contributed by atoms with Gasteiger partial charge in [-0.2, -0.15) is 10.4 Å². The Kier molecular flexibility index (Phi) is 7.26. The van der Waals surface area contributed by atoms with Crippen LogP contribution in [0.3, 0.4) is 0 Å². The summed E-state index contributed by atoms with van der Waals surface area (Å²) in [5.41, 5.74) is 3.46. The number of nitro groups is 1. The molecule has 0 bridgehead atoms. The highest BCUT2D eigenvalue weighted by atomic mass is 16.6. The second-order valence-corrected chi connectivity index (χ2v) is 9.23. The molecule has 10 heteroatoms. The Morgan fingerprint density at radius 2 is 1.68 bits per heavy atom. The Bertz CT molecular complexity index is 1760. The highest BCUT2D eigenvalue weighted by molar-refractivity contribution is 6.19. The van der Waals surface area contributed by atoms with E-state index in [0.29, 0.717) is 28.3 Å². The molecule has 1 aromatic heterocycles. The van der Waals surface area contributed by atoms with Crippen molar-refractivity contribution in [1.29, 1.82) is 5.26 Å². The molecule has 0 N–H and O–H groups in total. The van der Waals surface area contributed by atoms with Crippen molar-refractivity contribution in [3.8, 4) is 28.8 Å². The highest BCUT2D eigenvalue weighted by Crippen LogP contribution is 2.32. The van der Waals surface area contributed by atoms with E-state index in [0.717, 1.165) is 10.5 Å². The number of ether oxygens (including phenoxy) is 1. The number of hydrogen-bond donors (Lipinski definition) is 0. The first-order valence-electron chi connectivity index (χ1n) is 12.5. The van der Waals surface area contributed by atoms with Crippen molar-refractivity contribution in [2.24, 2.45) is 0 Å². The molecule has 2 amide bonds. The van der Waals surface area contributed by atoms with Gasteiger partial charge < -0.3 is 4.74 Å². The van der Waals surface area contributed by atoms with Gasteiger partial charge in [-0.3, -0.25) is 24.6 Å². The lowest BCUT2D eigenvalue weighted by Gasteiger charge is -2.27. The predicted molar refractivity (Wildman–Crippen MR) is 150 cm³/mol. The Labute approximate surface area is 235 Å². The van der Waals surface area contributed by atoms with E-state index in [1.165, 1.54) is 12.1 Å². The standard InChI is InChI=1S/C31H23N5O5/c1-20-27(30(37)34(31(38)28(20)17-32)18-21-8-14-26(41-2)15-9-21)16-23-19-35(24-10-12-25(13-11-24)36(39)40)33-29(23)22-6-4-3-5-7-22/h3-16,19H,18H2,1-2H3/b27-16+. The number of nitro benzene ring substituents is 1. The van der Waals surface area contributed by atoms with Crippen LogP contribution in [0.15, 0.2) is 102 Å². The van der Waals surface area contributed by atoms with Gasteiger partial charge in [0.2, 0.25) is 0 Å². The van der Waals surface area contributed by atoms with Gasteiger partial charge in [0.25, 0.3) is 17.5 Å². The first-order valence-corrected chi connectivity index (χ1v) is 12.5. The van der Waals surface area contributed by atoms with E-state index in [2.05, 4.69) is 0 Å². The van der Waals surface area contributed by atoms with Crippen LogP contribution in [0.2, 0.25) is 0 Å². The molecule has 5 rings (SSSR count). The van der Waals surface area contributed by atoms with Crippen molar-refractivity contribution in [1.82, 2.24) is 14.7 Å². The van der Waals surface area contributed by atoms with Crippen molar-refractivity contribution in [3.63, 3.8) is 0 Å². The molecule has 10 nitrogen and oxygen atoms in total. The Balaban J connectivity index is 1.61. The molecule has 0 unspecified atom stereocenters. The smallest absolute Gasteiger partial charge is 0.271 e. The molecular weight excluding hydrogens is 522 g/mol. The first kappa shape index (κ1) is 26.8. The number of carbonyl (C=O) groups is 2. The number of nitriles is 1. The number of carbonyl (C=O) groups excluding carboxylic acids is 2. The number of non-ortho nitro benzene ring substituents is 1. The molecule has 0 aliphatic carbocycles. The van der Waals surface area contributed by atoms with Gasteiger partial charge in [-0.05, 0) is 48.4 Å². The number of aromatic nitrogens is 2. The Morgan fingerprint density at radius 1 is 1.00 bits per heavy atom. The maximum Gasteiger partial charge on any atom is 0.271 e. The average Bonchev–Trinajstić information content (AvgIpc) is 3.42. The Hall–Kier alpha value is -5.82. The number of nitrogens with zero attached hydrogens (tertiary/aromatic N) is 5. The van der Waals surface area contributed by atoms with E-state index in [9.17, 15) is 25.0 Å². The summed E-state index contributed by atoms with van der Waals surface area (Å²) in [5, 5.41) is 25.6.